The van der Waals surface area contributed by atoms with Crippen molar-refractivity contribution in [3.05, 3.63) is 62.1 Å². The molecule has 2 aromatic heterocycles. The normalized spacial score (nSPS) is 12.9. The van der Waals surface area contributed by atoms with Crippen molar-refractivity contribution in [2.24, 2.45) is 5.92 Å². The Hall–Kier alpha value is -2.86. The Labute approximate surface area is 193 Å². The van der Waals surface area contributed by atoms with Gasteiger partial charge >= 0.3 is 5.97 Å². The maximum Gasteiger partial charge on any atom is 0.341 e. The van der Waals surface area contributed by atoms with Gasteiger partial charge in [-0.05, 0) is 46.4 Å². The topological polar surface area (TPSA) is 68.5 Å². The molecule has 0 unspecified atom stereocenters. The SMILES string of the molecule is CC.CC(C)C.O=C(O)c1cn2c(cc1=O)-c1cc(-c3ccsc3)c3c(c1CC2)CCO3. The standard InChI is InChI=1S/C20H15NO4S.C4H10.C2H6/c22-18-8-17-15-7-14(11-3-6-26-10-11)19-13(2-5-25-19)12(15)1-4-21(17)9-16(18)20(23)24;1-4(2)3;1-2/h3,6-10H,1-2,4-5H2,(H,23,24);4H,1-3H3;1-2H3. The monoisotopic (exact) mass is 453 g/mol. The number of hydrogen-bond donors (Lipinski definition) is 1. The summed E-state index contributed by atoms with van der Waals surface area (Å²) >= 11 is 1.63. The molecule has 3 aromatic rings. The number of rotatable bonds is 2. The maximum absolute atomic E-state index is 12.3. The van der Waals surface area contributed by atoms with Crippen molar-refractivity contribution in [3.8, 4) is 28.1 Å². The van der Waals surface area contributed by atoms with E-state index < -0.39 is 11.4 Å². The third-order valence-electron chi connectivity index (χ3n) is 5.16. The minimum absolute atomic E-state index is 0.181. The molecule has 5 rings (SSSR count). The number of hydrogen-bond acceptors (Lipinski definition) is 4. The smallest absolute Gasteiger partial charge is 0.341 e. The van der Waals surface area contributed by atoms with Gasteiger partial charge in [0.2, 0.25) is 0 Å². The molecule has 1 N–H and O–H groups in total. The third kappa shape index (κ3) is 4.65. The third-order valence-corrected chi connectivity index (χ3v) is 5.85. The molecular weight excluding hydrogens is 422 g/mol. The molecule has 32 heavy (non-hydrogen) atoms. The molecule has 5 nitrogen and oxygen atoms in total. The van der Waals surface area contributed by atoms with E-state index >= 15 is 0 Å². The van der Waals surface area contributed by atoms with Gasteiger partial charge in [0.1, 0.15) is 11.3 Å². The average molecular weight is 454 g/mol. The highest BCUT2D eigenvalue weighted by atomic mass is 32.1. The van der Waals surface area contributed by atoms with Crippen LogP contribution in [-0.2, 0) is 19.4 Å². The molecule has 0 saturated carbocycles. The van der Waals surface area contributed by atoms with Crippen LogP contribution in [0.4, 0.5) is 0 Å². The van der Waals surface area contributed by atoms with Crippen molar-refractivity contribution in [1.82, 2.24) is 4.57 Å². The summed E-state index contributed by atoms with van der Waals surface area (Å²) in [6.45, 7) is 11.8. The highest BCUT2D eigenvalue weighted by Crippen LogP contribution is 2.45. The van der Waals surface area contributed by atoms with Crippen LogP contribution in [0, 0.1) is 5.92 Å². The molecule has 0 amide bonds. The number of aryl methyl sites for hydroxylation is 1. The Balaban J connectivity index is 0.000000437. The fraction of sp³-hybridized carbons (Fsp3) is 0.385. The van der Waals surface area contributed by atoms with Crippen molar-refractivity contribution < 1.29 is 14.6 Å². The number of nitrogens with zero attached hydrogens (tertiary/aromatic N) is 1. The van der Waals surface area contributed by atoms with Crippen molar-refractivity contribution in [3.63, 3.8) is 0 Å². The van der Waals surface area contributed by atoms with Crippen LogP contribution in [0.3, 0.4) is 0 Å². The van der Waals surface area contributed by atoms with Gasteiger partial charge in [0.25, 0.3) is 0 Å². The first-order valence-electron chi connectivity index (χ1n) is 11.2. The molecule has 2 aliphatic heterocycles. The Kier molecular flexibility index (Phi) is 7.56. The van der Waals surface area contributed by atoms with E-state index in [2.05, 4.69) is 38.3 Å². The van der Waals surface area contributed by atoms with Gasteiger partial charge in [-0.3, -0.25) is 4.79 Å². The number of carbonyl (C=O) groups is 1. The Morgan fingerprint density at radius 2 is 1.84 bits per heavy atom. The Morgan fingerprint density at radius 3 is 2.47 bits per heavy atom. The predicted octanol–water partition coefficient (Wildman–Crippen LogP) is 6.12. The van der Waals surface area contributed by atoms with Crippen LogP contribution >= 0.6 is 11.3 Å². The molecule has 0 atom stereocenters. The number of thiophene rings is 1. The fourth-order valence-corrected chi connectivity index (χ4v) is 4.63. The van der Waals surface area contributed by atoms with E-state index in [9.17, 15) is 14.7 Å². The summed E-state index contributed by atoms with van der Waals surface area (Å²) in [4.78, 5) is 23.6. The number of fused-ring (bicyclic) bond motifs is 5. The zero-order valence-corrected chi connectivity index (χ0v) is 20.2. The lowest BCUT2D eigenvalue weighted by Crippen LogP contribution is -2.22. The van der Waals surface area contributed by atoms with Gasteiger partial charge in [0, 0.05) is 41.9 Å². The molecule has 0 spiro atoms. The molecule has 0 bridgehead atoms. The van der Waals surface area contributed by atoms with Gasteiger partial charge in [0.05, 0.1) is 12.3 Å². The summed E-state index contributed by atoms with van der Waals surface area (Å²) in [6, 6.07) is 5.62. The summed E-state index contributed by atoms with van der Waals surface area (Å²) in [5, 5.41) is 13.4. The zero-order chi connectivity index (χ0) is 23.4. The summed E-state index contributed by atoms with van der Waals surface area (Å²) in [7, 11) is 0. The van der Waals surface area contributed by atoms with Crippen molar-refractivity contribution in [2.45, 2.75) is 54.0 Å². The van der Waals surface area contributed by atoms with Gasteiger partial charge < -0.3 is 14.4 Å². The molecule has 0 saturated heterocycles. The summed E-state index contributed by atoms with van der Waals surface area (Å²) in [5.41, 5.74) is 5.76. The second kappa shape index (κ2) is 10.2. The lowest BCUT2D eigenvalue weighted by atomic mass is 9.88. The van der Waals surface area contributed by atoms with Gasteiger partial charge in [-0.1, -0.05) is 34.6 Å². The minimum Gasteiger partial charge on any atom is -0.492 e. The Bertz CT molecular complexity index is 1160. The van der Waals surface area contributed by atoms with E-state index in [4.69, 9.17) is 4.74 Å². The van der Waals surface area contributed by atoms with E-state index in [1.807, 2.05) is 23.8 Å². The van der Waals surface area contributed by atoms with Gasteiger partial charge in [0.15, 0.2) is 5.43 Å². The van der Waals surface area contributed by atoms with Crippen LogP contribution in [0.5, 0.6) is 5.75 Å². The lowest BCUT2D eigenvalue weighted by Gasteiger charge is -2.25. The summed E-state index contributed by atoms with van der Waals surface area (Å²) in [6.07, 6.45) is 3.14. The number of pyridine rings is 1. The first-order valence-corrected chi connectivity index (χ1v) is 12.1. The number of aromatic carboxylic acids is 1. The first-order chi connectivity index (χ1) is 15.4. The second-order valence-corrected chi connectivity index (χ2v) is 9.07. The second-order valence-electron chi connectivity index (χ2n) is 8.29. The lowest BCUT2D eigenvalue weighted by molar-refractivity contribution is 0.0694. The van der Waals surface area contributed by atoms with Gasteiger partial charge in [-0.25, -0.2) is 4.79 Å². The van der Waals surface area contributed by atoms with E-state index in [-0.39, 0.29) is 5.56 Å². The van der Waals surface area contributed by atoms with E-state index in [0.29, 0.717) is 13.2 Å². The maximum atomic E-state index is 12.3. The van der Waals surface area contributed by atoms with Crippen LogP contribution in [0.1, 0.15) is 56.1 Å². The van der Waals surface area contributed by atoms with Crippen molar-refractivity contribution >= 4 is 17.3 Å². The van der Waals surface area contributed by atoms with Crippen molar-refractivity contribution in [2.75, 3.05) is 6.61 Å². The number of ether oxygens (including phenoxy) is 1. The molecule has 0 radical (unpaired) electrons. The number of aromatic nitrogens is 1. The van der Waals surface area contributed by atoms with E-state index in [1.54, 1.807) is 11.3 Å². The highest BCUT2D eigenvalue weighted by Gasteiger charge is 2.28. The first kappa shape index (κ1) is 23.8. The van der Waals surface area contributed by atoms with E-state index in [1.165, 1.54) is 23.4 Å². The molecule has 1 aromatic carbocycles. The van der Waals surface area contributed by atoms with Crippen LogP contribution < -0.4 is 10.2 Å². The number of carboxylic acid groups (broad SMARTS) is 1. The highest BCUT2D eigenvalue weighted by molar-refractivity contribution is 7.08. The van der Waals surface area contributed by atoms with Crippen LogP contribution in [0.25, 0.3) is 22.4 Å². The molecule has 0 aliphatic carbocycles. The van der Waals surface area contributed by atoms with Crippen molar-refractivity contribution in [1.29, 1.82) is 0 Å². The molecule has 6 heteroatoms. The van der Waals surface area contributed by atoms with E-state index in [0.717, 1.165) is 46.9 Å². The zero-order valence-electron chi connectivity index (χ0n) is 19.4. The molecule has 2 aliphatic rings. The van der Waals surface area contributed by atoms with Gasteiger partial charge in [-0.2, -0.15) is 11.3 Å². The minimum atomic E-state index is -1.18. The van der Waals surface area contributed by atoms with Crippen LogP contribution in [0.15, 0.2) is 40.0 Å². The summed E-state index contributed by atoms with van der Waals surface area (Å²) < 4.78 is 7.82. The molecule has 4 heterocycles. The van der Waals surface area contributed by atoms with Crippen LogP contribution in [-0.4, -0.2) is 22.2 Å². The van der Waals surface area contributed by atoms with Crippen LogP contribution in [0.2, 0.25) is 0 Å². The molecular formula is C26H31NO4S. The largest absolute Gasteiger partial charge is 0.492 e. The number of benzene rings is 1. The average Bonchev–Trinajstić information content (AvgIpc) is 3.46. The predicted molar refractivity (Wildman–Crippen MR) is 131 cm³/mol. The van der Waals surface area contributed by atoms with Gasteiger partial charge in [-0.15, -0.1) is 0 Å². The molecule has 170 valence electrons. The fourth-order valence-electron chi connectivity index (χ4n) is 3.97. The number of carboxylic acids is 1. The quantitative estimate of drug-likeness (QED) is 0.507. The molecule has 0 fully saturated rings. The Morgan fingerprint density at radius 1 is 1.12 bits per heavy atom. The summed E-state index contributed by atoms with van der Waals surface area (Å²) in [5.74, 6) is 0.609.